The number of rotatable bonds is 7. The molecule has 0 spiro atoms. The first-order chi connectivity index (χ1) is 9.74. The quantitative estimate of drug-likeness (QED) is 0.683. The van der Waals surface area contributed by atoms with Crippen molar-refractivity contribution in [2.75, 3.05) is 6.61 Å². The summed E-state index contributed by atoms with van der Waals surface area (Å²) in [6.07, 6.45) is 7.62. The molecule has 0 bridgehead atoms. The number of hydrogen-bond donors (Lipinski definition) is 3. The molecule has 1 aliphatic rings. The minimum absolute atomic E-state index is 0.130. The minimum atomic E-state index is -0.836. The van der Waals surface area contributed by atoms with Crippen LogP contribution in [0.25, 0.3) is 0 Å². The normalized spacial score (nSPS) is 18.4. The van der Waals surface area contributed by atoms with E-state index in [4.69, 9.17) is 5.11 Å². The predicted molar refractivity (Wildman–Crippen MR) is 73.9 cm³/mol. The van der Waals surface area contributed by atoms with Crippen LogP contribution in [-0.2, 0) is 19.6 Å². The maximum absolute atomic E-state index is 9.53. The highest BCUT2D eigenvalue weighted by Crippen LogP contribution is 2.27. The SMILES string of the molecule is OCc1nnn(CC(O)CO)c1CCC1CCCCC1. The molecule has 1 aliphatic carbocycles. The topological polar surface area (TPSA) is 91.4 Å². The second kappa shape index (κ2) is 7.71. The van der Waals surface area contributed by atoms with Gasteiger partial charge in [-0.25, -0.2) is 4.68 Å². The molecular formula is C14H25N3O3. The molecule has 0 aliphatic heterocycles. The van der Waals surface area contributed by atoms with Crippen molar-refractivity contribution >= 4 is 0 Å². The third-order valence-electron chi connectivity index (χ3n) is 4.18. The summed E-state index contributed by atoms with van der Waals surface area (Å²) < 4.78 is 1.62. The lowest BCUT2D eigenvalue weighted by atomic mass is 9.85. The summed E-state index contributed by atoms with van der Waals surface area (Å²) in [7, 11) is 0. The van der Waals surface area contributed by atoms with Gasteiger partial charge >= 0.3 is 0 Å². The van der Waals surface area contributed by atoms with Gasteiger partial charge in [0, 0.05) is 0 Å². The van der Waals surface area contributed by atoms with E-state index in [1.165, 1.54) is 32.1 Å². The number of aliphatic hydroxyl groups excluding tert-OH is 3. The Morgan fingerprint density at radius 3 is 2.60 bits per heavy atom. The number of nitrogens with zero attached hydrogens (tertiary/aromatic N) is 3. The average molecular weight is 283 g/mol. The Bertz CT molecular complexity index is 402. The van der Waals surface area contributed by atoms with Gasteiger partial charge in [-0.2, -0.15) is 0 Å². The molecule has 0 aromatic carbocycles. The van der Waals surface area contributed by atoms with Crippen molar-refractivity contribution in [3.8, 4) is 0 Å². The van der Waals surface area contributed by atoms with E-state index in [-0.39, 0.29) is 19.8 Å². The maximum Gasteiger partial charge on any atom is 0.111 e. The van der Waals surface area contributed by atoms with Gasteiger partial charge in [0.05, 0.1) is 31.6 Å². The highest BCUT2D eigenvalue weighted by Gasteiger charge is 2.18. The molecule has 1 unspecified atom stereocenters. The zero-order valence-corrected chi connectivity index (χ0v) is 11.9. The van der Waals surface area contributed by atoms with Crippen LogP contribution < -0.4 is 0 Å². The lowest BCUT2D eigenvalue weighted by molar-refractivity contribution is 0.0769. The van der Waals surface area contributed by atoms with E-state index in [1.807, 2.05) is 0 Å². The molecule has 6 heteroatoms. The van der Waals surface area contributed by atoms with E-state index < -0.39 is 6.10 Å². The summed E-state index contributed by atoms with van der Waals surface area (Å²) in [5.74, 6) is 0.751. The number of aliphatic hydroxyl groups is 3. The average Bonchev–Trinajstić information content (AvgIpc) is 2.88. The second-order valence-corrected chi connectivity index (χ2v) is 5.70. The fourth-order valence-corrected chi connectivity index (χ4v) is 2.99. The lowest BCUT2D eigenvalue weighted by Gasteiger charge is -2.21. The molecule has 2 rings (SSSR count). The zero-order chi connectivity index (χ0) is 14.4. The van der Waals surface area contributed by atoms with Crippen LogP contribution in [-0.4, -0.2) is 43.0 Å². The molecule has 114 valence electrons. The van der Waals surface area contributed by atoms with Crippen LogP contribution in [0.2, 0.25) is 0 Å². The van der Waals surface area contributed by atoms with Crippen LogP contribution in [0.3, 0.4) is 0 Å². The van der Waals surface area contributed by atoms with E-state index in [0.717, 1.165) is 24.5 Å². The number of aromatic nitrogens is 3. The van der Waals surface area contributed by atoms with E-state index in [0.29, 0.717) is 5.69 Å². The molecule has 1 fully saturated rings. The van der Waals surface area contributed by atoms with Crippen molar-refractivity contribution < 1.29 is 15.3 Å². The summed E-state index contributed by atoms with van der Waals surface area (Å²) in [4.78, 5) is 0. The molecule has 0 amide bonds. The summed E-state index contributed by atoms with van der Waals surface area (Å²) >= 11 is 0. The van der Waals surface area contributed by atoms with Gasteiger partial charge in [-0.1, -0.05) is 37.3 Å². The lowest BCUT2D eigenvalue weighted by Crippen LogP contribution is -2.22. The fourth-order valence-electron chi connectivity index (χ4n) is 2.99. The van der Waals surface area contributed by atoms with Crippen molar-refractivity contribution in [2.24, 2.45) is 5.92 Å². The molecule has 3 N–H and O–H groups in total. The van der Waals surface area contributed by atoms with Crippen molar-refractivity contribution in [1.82, 2.24) is 15.0 Å². The zero-order valence-electron chi connectivity index (χ0n) is 11.9. The Balaban J connectivity index is 1.98. The molecule has 1 saturated carbocycles. The van der Waals surface area contributed by atoms with Gasteiger partial charge in [0.2, 0.25) is 0 Å². The Morgan fingerprint density at radius 1 is 1.20 bits per heavy atom. The summed E-state index contributed by atoms with van der Waals surface area (Å²) in [5, 5.41) is 35.7. The molecular weight excluding hydrogens is 258 g/mol. The van der Waals surface area contributed by atoms with Crippen LogP contribution in [0.1, 0.15) is 49.9 Å². The maximum atomic E-state index is 9.53. The molecule has 20 heavy (non-hydrogen) atoms. The van der Waals surface area contributed by atoms with Gasteiger partial charge in [0.25, 0.3) is 0 Å². The molecule has 6 nitrogen and oxygen atoms in total. The van der Waals surface area contributed by atoms with E-state index >= 15 is 0 Å². The third kappa shape index (κ3) is 4.01. The van der Waals surface area contributed by atoms with Crippen LogP contribution in [0.5, 0.6) is 0 Å². The van der Waals surface area contributed by atoms with Crippen molar-refractivity contribution in [2.45, 2.75) is 64.2 Å². The van der Waals surface area contributed by atoms with Crippen LogP contribution >= 0.6 is 0 Å². The van der Waals surface area contributed by atoms with Gasteiger partial charge < -0.3 is 15.3 Å². The Labute approximate surface area is 119 Å². The van der Waals surface area contributed by atoms with E-state index in [1.54, 1.807) is 4.68 Å². The van der Waals surface area contributed by atoms with E-state index in [9.17, 15) is 10.2 Å². The Morgan fingerprint density at radius 2 is 1.95 bits per heavy atom. The summed E-state index contributed by atoms with van der Waals surface area (Å²) in [6.45, 7) is -0.199. The van der Waals surface area contributed by atoms with Gasteiger partial charge in [-0.05, 0) is 18.8 Å². The molecule has 1 heterocycles. The van der Waals surface area contributed by atoms with Gasteiger partial charge in [-0.3, -0.25) is 0 Å². The second-order valence-electron chi connectivity index (χ2n) is 5.70. The molecule has 0 radical (unpaired) electrons. The Hall–Kier alpha value is -0.980. The highest BCUT2D eigenvalue weighted by atomic mass is 16.3. The fraction of sp³-hybridized carbons (Fsp3) is 0.857. The third-order valence-corrected chi connectivity index (χ3v) is 4.18. The van der Waals surface area contributed by atoms with Gasteiger partial charge in [0.15, 0.2) is 0 Å². The van der Waals surface area contributed by atoms with Crippen LogP contribution in [0, 0.1) is 5.92 Å². The minimum Gasteiger partial charge on any atom is -0.394 e. The summed E-state index contributed by atoms with van der Waals surface area (Å²) in [5.41, 5.74) is 1.48. The van der Waals surface area contributed by atoms with Crippen LogP contribution in [0.15, 0.2) is 0 Å². The summed E-state index contributed by atoms with van der Waals surface area (Å²) in [6, 6.07) is 0. The van der Waals surface area contributed by atoms with Crippen molar-refractivity contribution in [1.29, 1.82) is 0 Å². The van der Waals surface area contributed by atoms with Crippen molar-refractivity contribution in [3.05, 3.63) is 11.4 Å². The monoisotopic (exact) mass is 283 g/mol. The van der Waals surface area contributed by atoms with Gasteiger partial charge in [-0.15, -0.1) is 5.10 Å². The largest absolute Gasteiger partial charge is 0.394 e. The molecule has 1 aromatic rings. The van der Waals surface area contributed by atoms with Crippen molar-refractivity contribution in [3.63, 3.8) is 0 Å². The predicted octanol–water partition coefficient (Wildman–Crippen LogP) is 0.636. The smallest absolute Gasteiger partial charge is 0.111 e. The van der Waals surface area contributed by atoms with E-state index in [2.05, 4.69) is 10.3 Å². The first-order valence-electron chi connectivity index (χ1n) is 7.55. The van der Waals surface area contributed by atoms with Gasteiger partial charge in [0.1, 0.15) is 5.69 Å². The molecule has 1 aromatic heterocycles. The highest BCUT2D eigenvalue weighted by molar-refractivity contribution is 5.09. The first-order valence-corrected chi connectivity index (χ1v) is 7.55. The molecule has 0 saturated heterocycles. The number of hydrogen-bond acceptors (Lipinski definition) is 5. The molecule has 1 atom stereocenters. The first kappa shape index (κ1) is 15.4. The standard InChI is InChI=1S/C14H25N3O3/c18-9-12(20)8-17-14(13(10-19)15-16-17)7-6-11-4-2-1-3-5-11/h11-12,18-20H,1-10H2. The Kier molecular flexibility index (Phi) is 5.94. The van der Waals surface area contributed by atoms with Crippen LogP contribution in [0.4, 0.5) is 0 Å².